The van der Waals surface area contributed by atoms with E-state index < -0.39 is 0 Å². The Morgan fingerprint density at radius 3 is 2.93 bits per heavy atom. The van der Waals surface area contributed by atoms with Gasteiger partial charge in [0.25, 0.3) is 0 Å². The van der Waals surface area contributed by atoms with Crippen LogP contribution >= 0.6 is 0 Å². The van der Waals surface area contributed by atoms with Crippen molar-refractivity contribution < 1.29 is 4.74 Å². The first-order valence-electron chi connectivity index (χ1n) is 5.00. The van der Waals surface area contributed by atoms with Crippen LogP contribution in [0, 0.1) is 12.8 Å². The molecular formula is C12H15NO. The van der Waals surface area contributed by atoms with Gasteiger partial charge in [-0.15, -0.1) is 0 Å². The molecule has 0 saturated heterocycles. The van der Waals surface area contributed by atoms with Gasteiger partial charge in [-0.05, 0) is 19.1 Å². The molecule has 1 atom stereocenters. The maximum absolute atomic E-state index is 5.58. The quantitative estimate of drug-likeness (QED) is 0.664. The summed E-state index contributed by atoms with van der Waals surface area (Å²) >= 11 is 0. The van der Waals surface area contributed by atoms with Crippen LogP contribution in [0.3, 0.4) is 0 Å². The van der Waals surface area contributed by atoms with Gasteiger partial charge < -0.3 is 4.74 Å². The van der Waals surface area contributed by atoms with Gasteiger partial charge in [0.2, 0.25) is 5.90 Å². The number of aliphatic imine (C=N–C) groups is 1. The summed E-state index contributed by atoms with van der Waals surface area (Å²) in [5.74, 6) is 1.34. The first-order valence-corrected chi connectivity index (χ1v) is 5.00. The third-order valence-electron chi connectivity index (χ3n) is 2.32. The van der Waals surface area contributed by atoms with Crippen molar-refractivity contribution >= 4 is 5.90 Å². The van der Waals surface area contributed by atoms with E-state index in [1.54, 1.807) is 0 Å². The summed E-state index contributed by atoms with van der Waals surface area (Å²) in [6, 6.07) is 8.26. The lowest BCUT2D eigenvalue weighted by Crippen LogP contribution is -2.21. The number of hydrogen-bond donors (Lipinski definition) is 0. The fraction of sp³-hybridized carbons (Fsp3) is 0.417. The Kier molecular flexibility index (Phi) is 2.53. The second-order valence-corrected chi connectivity index (χ2v) is 3.93. The molecule has 0 aliphatic carbocycles. The predicted octanol–water partition coefficient (Wildman–Crippen LogP) is 2.41. The van der Waals surface area contributed by atoms with E-state index in [2.05, 4.69) is 31.0 Å². The van der Waals surface area contributed by atoms with Crippen molar-refractivity contribution in [1.29, 1.82) is 0 Å². The van der Waals surface area contributed by atoms with Gasteiger partial charge in [-0.25, -0.2) is 0 Å². The van der Waals surface area contributed by atoms with Gasteiger partial charge in [-0.2, -0.15) is 0 Å². The van der Waals surface area contributed by atoms with E-state index in [4.69, 9.17) is 4.74 Å². The lowest BCUT2D eigenvalue weighted by Gasteiger charge is -2.19. The highest BCUT2D eigenvalue weighted by molar-refractivity contribution is 5.94. The van der Waals surface area contributed by atoms with Gasteiger partial charge in [0, 0.05) is 18.0 Å². The van der Waals surface area contributed by atoms with Crippen LogP contribution in [0.25, 0.3) is 0 Å². The van der Waals surface area contributed by atoms with Gasteiger partial charge in [0.05, 0.1) is 6.61 Å². The molecule has 2 rings (SSSR count). The number of ether oxygens (including phenoxy) is 1. The minimum Gasteiger partial charge on any atom is -0.477 e. The molecule has 1 aromatic rings. The standard InChI is InChI=1S/C12H15NO/c1-9-4-3-5-11(6-9)12-13-7-10(2)8-14-12/h3-6,10H,7-8H2,1-2H3. The topological polar surface area (TPSA) is 21.6 Å². The molecule has 0 amide bonds. The van der Waals surface area contributed by atoms with Crippen molar-refractivity contribution in [2.75, 3.05) is 13.2 Å². The van der Waals surface area contributed by atoms with E-state index >= 15 is 0 Å². The minimum atomic E-state index is 0.545. The zero-order chi connectivity index (χ0) is 9.97. The normalized spacial score (nSPS) is 21.3. The highest BCUT2D eigenvalue weighted by atomic mass is 16.5. The fourth-order valence-electron chi connectivity index (χ4n) is 1.51. The second kappa shape index (κ2) is 3.82. The summed E-state index contributed by atoms with van der Waals surface area (Å²) in [5.41, 5.74) is 2.34. The molecule has 1 aromatic carbocycles. The molecule has 0 bridgehead atoms. The molecule has 1 heterocycles. The SMILES string of the molecule is Cc1cccc(C2=NCC(C)CO2)c1. The number of rotatable bonds is 1. The van der Waals surface area contributed by atoms with Gasteiger partial charge in [0.15, 0.2) is 0 Å². The van der Waals surface area contributed by atoms with Crippen molar-refractivity contribution in [2.24, 2.45) is 10.9 Å². The summed E-state index contributed by atoms with van der Waals surface area (Å²) in [6.45, 7) is 5.89. The second-order valence-electron chi connectivity index (χ2n) is 3.93. The van der Waals surface area contributed by atoms with E-state index in [9.17, 15) is 0 Å². The zero-order valence-electron chi connectivity index (χ0n) is 8.66. The molecule has 1 unspecified atom stereocenters. The van der Waals surface area contributed by atoms with Crippen LogP contribution in [-0.2, 0) is 4.74 Å². The summed E-state index contributed by atoms with van der Waals surface area (Å²) in [5, 5.41) is 0. The number of aryl methyl sites for hydroxylation is 1. The third-order valence-corrected chi connectivity index (χ3v) is 2.32. The number of hydrogen-bond acceptors (Lipinski definition) is 2. The lowest BCUT2D eigenvalue weighted by molar-refractivity contribution is 0.232. The first-order chi connectivity index (χ1) is 6.75. The average molecular weight is 189 g/mol. The molecule has 0 N–H and O–H groups in total. The fourth-order valence-corrected chi connectivity index (χ4v) is 1.51. The molecule has 74 valence electrons. The highest BCUT2D eigenvalue weighted by Gasteiger charge is 2.13. The Morgan fingerprint density at radius 2 is 2.29 bits per heavy atom. The average Bonchev–Trinajstić information content (AvgIpc) is 2.19. The Balaban J connectivity index is 2.23. The van der Waals surface area contributed by atoms with Gasteiger partial charge in [-0.3, -0.25) is 4.99 Å². The van der Waals surface area contributed by atoms with E-state index in [0.717, 1.165) is 24.6 Å². The van der Waals surface area contributed by atoms with Crippen LogP contribution in [-0.4, -0.2) is 19.0 Å². The molecule has 0 saturated carbocycles. The number of nitrogens with zero attached hydrogens (tertiary/aromatic N) is 1. The minimum absolute atomic E-state index is 0.545. The molecule has 0 spiro atoms. The van der Waals surface area contributed by atoms with Gasteiger partial charge in [-0.1, -0.05) is 24.6 Å². The van der Waals surface area contributed by atoms with E-state index in [0.29, 0.717) is 5.92 Å². The van der Waals surface area contributed by atoms with Crippen LogP contribution in [0.1, 0.15) is 18.1 Å². The van der Waals surface area contributed by atoms with E-state index in [1.807, 2.05) is 12.1 Å². The molecule has 1 aliphatic heterocycles. The maximum Gasteiger partial charge on any atom is 0.216 e. The molecular weight excluding hydrogens is 174 g/mol. The molecule has 2 nitrogen and oxygen atoms in total. The van der Waals surface area contributed by atoms with E-state index in [1.165, 1.54) is 5.56 Å². The summed E-state index contributed by atoms with van der Waals surface area (Å²) in [7, 11) is 0. The number of benzene rings is 1. The zero-order valence-corrected chi connectivity index (χ0v) is 8.66. The van der Waals surface area contributed by atoms with Crippen molar-refractivity contribution in [3.05, 3.63) is 35.4 Å². The Labute approximate surface area is 84.6 Å². The van der Waals surface area contributed by atoms with Crippen LogP contribution < -0.4 is 0 Å². The summed E-state index contributed by atoms with van der Waals surface area (Å²) < 4.78 is 5.58. The molecule has 1 aliphatic rings. The van der Waals surface area contributed by atoms with Crippen LogP contribution in [0.4, 0.5) is 0 Å². The van der Waals surface area contributed by atoms with Crippen molar-refractivity contribution in [1.82, 2.24) is 0 Å². The predicted molar refractivity (Wildman–Crippen MR) is 57.7 cm³/mol. The first kappa shape index (κ1) is 9.25. The van der Waals surface area contributed by atoms with Crippen molar-refractivity contribution in [2.45, 2.75) is 13.8 Å². The molecule has 2 heteroatoms. The van der Waals surface area contributed by atoms with Crippen LogP contribution in [0.15, 0.2) is 29.3 Å². The highest BCUT2D eigenvalue weighted by Crippen LogP contribution is 2.12. The van der Waals surface area contributed by atoms with Gasteiger partial charge in [0.1, 0.15) is 0 Å². The Morgan fingerprint density at radius 1 is 1.43 bits per heavy atom. The monoisotopic (exact) mass is 189 g/mol. The largest absolute Gasteiger partial charge is 0.477 e. The van der Waals surface area contributed by atoms with Crippen LogP contribution in [0.5, 0.6) is 0 Å². The van der Waals surface area contributed by atoms with Crippen molar-refractivity contribution in [3.63, 3.8) is 0 Å². The van der Waals surface area contributed by atoms with Crippen molar-refractivity contribution in [3.8, 4) is 0 Å². The molecule has 0 fully saturated rings. The molecule has 14 heavy (non-hydrogen) atoms. The Bertz CT molecular complexity index is 357. The third kappa shape index (κ3) is 1.95. The van der Waals surface area contributed by atoms with Crippen LogP contribution in [0.2, 0.25) is 0 Å². The van der Waals surface area contributed by atoms with E-state index in [-0.39, 0.29) is 0 Å². The summed E-state index contributed by atoms with van der Waals surface area (Å²) in [4.78, 5) is 4.42. The molecule has 0 aromatic heterocycles. The smallest absolute Gasteiger partial charge is 0.216 e. The van der Waals surface area contributed by atoms with Gasteiger partial charge >= 0.3 is 0 Å². The maximum atomic E-state index is 5.58. The molecule has 0 radical (unpaired) electrons. The summed E-state index contributed by atoms with van der Waals surface area (Å²) in [6.07, 6.45) is 0. The lowest BCUT2D eigenvalue weighted by atomic mass is 10.1. The Hall–Kier alpha value is -1.31.